The van der Waals surface area contributed by atoms with E-state index in [1.165, 1.54) is 6.07 Å². The van der Waals surface area contributed by atoms with E-state index in [-0.39, 0.29) is 17.2 Å². The molecule has 4 nitrogen and oxygen atoms in total. The molecule has 1 aromatic heterocycles. The fourth-order valence-electron chi connectivity index (χ4n) is 3.00. The normalized spacial score (nSPS) is 18.9. The predicted octanol–water partition coefficient (Wildman–Crippen LogP) is 5.18. The summed E-state index contributed by atoms with van der Waals surface area (Å²) in [5.41, 5.74) is -4.05. The highest BCUT2D eigenvalue weighted by atomic mass is 35.5. The van der Waals surface area contributed by atoms with Gasteiger partial charge in [0.15, 0.2) is 5.69 Å². The van der Waals surface area contributed by atoms with Crippen LogP contribution in [0.2, 0.25) is 5.02 Å². The van der Waals surface area contributed by atoms with Crippen molar-refractivity contribution in [2.24, 2.45) is 0 Å². The Balaban J connectivity index is 2.37. The van der Waals surface area contributed by atoms with E-state index in [1.807, 2.05) is 0 Å². The standard InChI is InChI=1S/C16H9ClF6N4/c1-2-14(7-15(18,19)20)10-3-8(16(21,22)23)4-11(17)13(10)27-12(25-14)5-9(6-24)26-27/h2-5,25H,1,7H2. The number of aromatic nitrogens is 2. The van der Waals surface area contributed by atoms with Gasteiger partial charge in [-0.2, -0.15) is 36.7 Å². The molecule has 0 saturated carbocycles. The zero-order valence-electron chi connectivity index (χ0n) is 13.2. The Morgan fingerprint density at radius 1 is 1.26 bits per heavy atom. The van der Waals surface area contributed by atoms with Crippen molar-refractivity contribution >= 4 is 17.4 Å². The zero-order chi connectivity index (χ0) is 20.2. The Labute approximate surface area is 153 Å². The fraction of sp³-hybridized carbons (Fsp3) is 0.250. The van der Waals surface area contributed by atoms with Crippen LogP contribution in [0, 0.1) is 11.3 Å². The molecular formula is C16H9ClF6N4. The second-order valence-corrected chi connectivity index (χ2v) is 6.29. The van der Waals surface area contributed by atoms with Crippen molar-refractivity contribution < 1.29 is 26.3 Å². The molecule has 1 atom stereocenters. The molecule has 0 saturated heterocycles. The monoisotopic (exact) mass is 406 g/mol. The van der Waals surface area contributed by atoms with Crippen LogP contribution in [0.5, 0.6) is 0 Å². The Bertz CT molecular complexity index is 969. The number of rotatable bonds is 2. The van der Waals surface area contributed by atoms with Crippen molar-refractivity contribution in [1.82, 2.24) is 9.78 Å². The molecule has 0 radical (unpaired) electrons. The molecule has 2 heterocycles. The molecule has 0 bridgehead atoms. The van der Waals surface area contributed by atoms with E-state index in [0.717, 1.165) is 10.8 Å². The first kappa shape index (κ1) is 19.1. The Morgan fingerprint density at radius 3 is 2.44 bits per heavy atom. The number of nitrogens with zero attached hydrogens (tertiary/aromatic N) is 3. The molecule has 27 heavy (non-hydrogen) atoms. The van der Waals surface area contributed by atoms with Crippen molar-refractivity contribution in [3.63, 3.8) is 0 Å². The number of halogens is 7. The molecule has 0 amide bonds. The van der Waals surface area contributed by atoms with Gasteiger partial charge in [0.05, 0.1) is 28.2 Å². The largest absolute Gasteiger partial charge is 0.416 e. The average molecular weight is 407 g/mol. The highest BCUT2D eigenvalue weighted by molar-refractivity contribution is 6.32. The minimum atomic E-state index is -4.83. The van der Waals surface area contributed by atoms with Crippen LogP contribution in [0.15, 0.2) is 30.9 Å². The van der Waals surface area contributed by atoms with Crippen molar-refractivity contribution in [3.8, 4) is 11.8 Å². The lowest BCUT2D eigenvalue weighted by Crippen LogP contribution is -2.42. The first-order chi connectivity index (χ1) is 12.4. The maximum atomic E-state index is 13.2. The van der Waals surface area contributed by atoms with Gasteiger partial charge < -0.3 is 5.32 Å². The second-order valence-electron chi connectivity index (χ2n) is 5.88. The number of fused-ring (bicyclic) bond motifs is 3. The summed E-state index contributed by atoms with van der Waals surface area (Å²) < 4.78 is 80.3. The van der Waals surface area contributed by atoms with Gasteiger partial charge >= 0.3 is 12.4 Å². The average Bonchev–Trinajstić information content (AvgIpc) is 2.94. The summed E-state index contributed by atoms with van der Waals surface area (Å²) in [6.07, 6.45) is -10.2. The van der Waals surface area contributed by atoms with Gasteiger partial charge in [-0.1, -0.05) is 17.7 Å². The lowest BCUT2D eigenvalue weighted by Gasteiger charge is -2.39. The summed E-state index contributed by atoms with van der Waals surface area (Å²) in [6.45, 7) is 3.38. The van der Waals surface area contributed by atoms with E-state index in [0.29, 0.717) is 12.1 Å². The summed E-state index contributed by atoms with van der Waals surface area (Å²) in [5.74, 6) is -0.0233. The summed E-state index contributed by atoms with van der Waals surface area (Å²) in [6, 6.07) is 4.08. The Morgan fingerprint density at radius 2 is 1.93 bits per heavy atom. The van der Waals surface area contributed by atoms with Crippen LogP contribution in [0.25, 0.3) is 5.69 Å². The number of nitrogens with one attached hydrogen (secondary N) is 1. The number of nitriles is 1. The van der Waals surface area contributed by atoms with Crippen LogP contribution < -0.4 is 5.32 Å². The summed E-state index contributed by atoms with van der Waals surface area (Å²) in [5, 5.41) is 14.9. The van der Waals surface area contributed by atoms with Gasteiger partial charge in [0.2, 0.25) is 0 Å². The number of hydrogen-bond donors (Lipinski definition) is 1. The molecule has 0 spiro atoms. The first-order valence-corrected chi connectivity index (χ1v) is 7.68. The molecule has 0 aliphatic carbocycles. The SMILES string of the molecule is C=CC1(CC(F)(F)F)Nc2cc(C#N)nn2-c2c(Cl)cc(C(F)(F)F)cc21. The molecular weight excluding hydrogens is 398 g/mol. The molecule has 1 N–H and O–H groups in total. The summed E-state index contributed by atoms with van der Waals surface area (Å²) in [7, 11) is 0. The van der Waals surface area contributed by atoms with Crippen molar-refractivity contribution in [3.05, 3.63) is 52.7 Å². The van der Waals surface area contributed by atoms with Gasteiger partial charge in [-0.15, -0.1) is 6.58 Å². The molecule has 0 fully saturated rings. The van der Waals surface area contributed by atoms with E-state index in [4.69, 9.17) is 16.9 Å². The van der Waals surface area contributed by atoms with E-state index >= 15 is 0 Å². The zero-order valence-corrected chi connectivity index (χ0v) is 14.0. The minimum absolute atomic E-state index is 0.0233. The van der Waals surface area contributed by atoms with Gasteiger partial charge in [0.25, 0.3) is 0 Å². The van der Waals surface area contributed by atoms with Gasteiger partial charge in [-0.3, -0.25) is 0 Å². The number of alkyl halides is 6. The number of anilines is 1. The third-order valence-corrected chi connectivity index (χ3v) is 4.37. The highest BCUT2D eigenvalue weighted by Gasteiger charge is 2.47. The van der Waals surface area contributed by atoms with E-state index in [9.17, 15) is 26.3 Å². The van der Waals surface area contributed by atoms with Gasteiger partial charge in [-0.05, 0) is 12.1 Å². The fourth-order valence-corrected chi connectivity index (χ4v) is 3.30. The number of hydrogen-bond acceptors (Lipinski definition) is 3. The molecule has 1 aromatic carbocycles. The summed E-state index contributed by atoms with van der Waals surface area (Å²) >= 11 is 6.00. The molecule has 142 valence electrons. The molecule has 1 unspecified atom stereocenters. The topological polar surface area (TPSA) is 53.6 Å². The van der Waals surface area contributed by atoms with Crippen LogP contribution in [-0.4, -0.2) is 16.0 Å². The van der Waals surface area contributed by atoms with E-state index in [1.54, 1.807) is 6.07 Å². The Kier molecular flexibility index (Phi) is 4.19. The van der Waals surface area contributed by atoms with Gasteiger partial charge in [0, 0.05) is 11.6 Å². The molecule has 3 rings (SSSR count). The minimum Gasteiger partial charge on any atom is -0.356 e. The van der Waals surface area contributed by atoms with Crippen LogP contribution >= 0.6 is 11.6 Å². The molecule has 11 heteroatoms. The van der Waals surface area contributed by atoms with Crippen LogP contribution in [0.1, 0.15) is 23.2 Å². The first-order valence-electron chi connectivity index (χ1n) is 7.30. The van der Waals surface area contributed by atoms with Crippen molar-refractivity contribution in [2.75, 3.05) is 5.32 Å². The second kappa shape index (κ2) is 5.92. The molecule has 1 aliphatic rings. The number of benzene rings is 1. The van der Waals surface area contributed by atoms with E-state index < -0.39 is 40.5 Å². The highest BCUT2D eigenvalue weighted by Crippen LogP contribution is 2.48. The third-order valence-electron chi connectivity index (χ3n) is 4.09. The van der Waals surface area contributed by atoms with Gasteiger partial charge in [-0.25, -0.2) is 4.68 Å². The lowest BCUT2D eigenvalue weighted by atomic mass is 9.82. The summed E-state index contributed by atoms with van der Waals surface area (Å²) in [4.78, 5) is 0. The maximum Gasteiger partial charge on any atom is 0.416 e. The van der Waals surface area contributed by atoms with Crippen molar-refractivity contribution in [2.45, 2.75) is 24.3 Å². The van der Waals surface area contributed by atoms with Gasteiger partial charge in [0.1, 0.15) is 11.9 Å². The van der Waals surface area contributed by atoms with Crippen molar-refractivity contribution in [1.29, 1.82) is 5.26 Å². The van der Waals surface area contributed by atoms with E-state index in [2.05, 4.69) is 17.0 Å². The quantitative estimate of drug-likeness (QED) is 0.552. The smallest absolute Gasteiger partial charge is 0.356 e. The maximum absolute atomic E-state index is 13.2. The van der Waals surface area contributed by atoms with Crippen LogP contribution in [-0.2, 0) is 11.7 Å². The van der Waals surface area contributed by atoms with Crippen LogP contribution in [0.4, 0.5) is 32.2 Å². The third kappa shape index (κ3) is 3.23. The predicted molar refractivity (Wildman–Crippen MR) is 84.5 cm³/mol. The Hall–Kier alpha value is -2.67. The lowest BCUT2D eigenvalue weighted by molar-refractivity contribution is -0.143. The van der Waals surface area contributed by atoms with Crippen LogP contribution in [0.3, 0.4) is 0 Å². The molecule has 1 aliphatic heterocycles. The molecule has 2 aromatic rings.